The number of hydrogen-bond donors (Lipinski definition) is 1. The lowest BCUT2D eigenvalue weighted by molar-refractivity contribution is -0.150. The maximum absolute atomic E-state index is 11.5. The molecule has 5 heteroatoms. The highest BCUT2D eigenvalue weighted by Crippen LogP contribution is 2.11. The number of para-hydroxylation sites is 1. The van der Waals surface area contributed by atoms with E-state index < -0.39 is 5.97 Å². The number of hydrogen-bond acceptors (Lipinski definition) is 4. The molecule has 0 atom stereocenters. The van der Waals surface area contributed by atoms with Crippen molar-refractivity contribution in [2.45, 2.75) is 13.3 Å². The van der Waals surface area contributed by atoms with Crippen LogP contribution in [0.5, 0.6) is 0 Å². The fourth-order valence-electron chi connectivity index (χ4n) is 1.33. The average Bonchev–Trinajstić information content (AvgIpc) is 2.37. The smallest absolute Gasteiger partial charge is 0.310 e. The van der Waals surface area contributed by atoms with E-state index in [2.05, 4.69) is 0 Å². The maximum Gasteiger partial charge on any atom is 0.310 e. The second kappa shape index (κ2) is 6.64. The molecule has 0 aliphatic heterocycles. The van der Waals surface area contributed by atoms with Crippen LogP contribution in [0.4, 0.5) is 5.69 Å². The average molecular weight is 250 g/mol. The number of anilines is 1. The molecule has 0 saturated heterocycles. The minimum absolute atomic E-state index is 0.0792. The third-order valence-corrected chi connectivity index (χ3v) is 2.65. The van der Waals surface area contributed by atoms with Gasteiger partial charge in [0.1, 0.15) is 0 Å². The zero-order valence-corrected chi connectivity index (χ0v) is 10.7. The molecule has 0 fully saturated rings. The van der Waals surface area contributed by atoms with Gasteiger partial charge in [0.25, 0.3) is 5.91 Å². The molecule has 98 valence electrons. The molecule has 0 spiro atoms. The fraction of sp³-hybridized carbons (Fsp3) is 0.385. The van der Waals surface area contributed by atoms with Crippen LogP contribution in [0.2, 0.25) is 0 Å². The van der Waals surface area contributed by atoms with Gasteiger partial charge in [-0.3, -0.25) is 9.59 Å². The van der Waals surface area contributed by atoms with Crippen LogP contribution in [0, 0.1) is 0 Å². The summed E-state index contributed by atoms with van der Waals surface area (Å²) in [5.41, 5.74) is 6.97. The first-order chi connectivity index (χ1) is 8.54. The summed E-state index contributed by atoms with van der Waals surface area (Å²) in [7, 11) is 1.66. The SMILES string of the molecule is CCN(C)C(=O)COC(=O)Cc1ccccc1N. The van der Waals surface area contributed by atoms with Crippen molar-refractivity contribution < 1.29 is 14.3 Å². The van der Waals surface area contributed by atoms with Gasteiger partial charge in [-0.15, -0.1) is 0 Å². The standard InChI is InChI=1S/C13H18N2O3/c1-3-15(2)12(16)9-18-13(17)8-10-6-4-5-7-11(10)14/h4-7H,3,8-9,14H2,1-2H3. The molecule has 0 radical (unpaired) electrons. The van der Waals surface area contributed by atoms with Crippen LogP contribution >= 0.6 is 0 Å². The summed E-state index contributed by atoms with van der Waals surface area (Å²) in [5, 5.41) is 0. The number of amides is 1. The molecule has 2 N–H and O–H groups in total. The van der Waals surface area contributed by atoms with Crippen LogP contribution in [0.1, 0.15) is 12.5 Å². The van der Waals surface area contributed by atoms with E-state index in [4.69, 9.17) is 10.5 Å². The van der Waals surface area contributed by atoms with Gasteiger partial charge in [0.2, 0.25) is 0 Å². The molecule has 0 heterocycles. The van der Waals surface area contributed by atoms with E-state index in [9.17, 15) is 9.59 Å². The van der Waals surface area contributed by atoms with E-state index in [1.54, 1.807) is 31.3 Å². The number of likely N-dealkylation sites (N-methyl/N-ethyl adjacent to an activating group) is 1. The molecule has 0 aliphatic carbocycles. The molecule has 0 saturated carbocycles. The van der Waals surface area contributed by atoms with Gasteiger partial charge in [0, 0.05) is 19.3 Å². The predicted octanol–water partition coefficient (Wildman–Crippen LogP) is 0.833. The highest BCUT2D eigenvalue weighted by molar-refractivity contribution is 5.81. The van der Waals surface area contributed by atoms with Gasteiger partial charge in [-0.1, -0.05) is 18.2 Å². The lowest BCUT2D eigenvalue weighted by Gasteiger charge is -2.14. The summed E-state index contributed by atoms with van der Waals surface area (Å²) in [6.07, 6.45) is 0.0792. The normalized spacial score (nSPS) is 9.89. The van der Waals surface area contributed by atoms with E-state index in [0.717, 1.165) is 0 Å². The van der Waals surface area contributed by atoms with E-state index in [1.807, 2.05) is 6.92 Å². The van der Waals surface area contributed by atoms with Crippen molar-refractivity contribution in [3.8, 4) is 0 Å². The first kappa shape index (κ1) is 14.0. The third-order valence-electron chi connectivity index (χ3n) is 2.65. The molecule has 5 nitrogen and oxygen atoms in total. The van der Waals surface area contributed by atoms with Crippen molar-refractivity contribution >= 4 is 17.6 Å². The third kappa shape index (κ3) is 4.08. The highest BCUT2D eigenvalue weighted by atomic mass is 16.5. The number of rotatable bonds is 5. The van der Waals surface area contributed by atoms with E-state index in [1.165, 1.54) is 4.90 Å². The minimum Gasteiger partial charge on any atom is -0.455 e. The Balaban J connectivity index is 2.44. The van der Waals surface area contributed by atoms with Crippen LogP contribution in [-0.4, -0.2) is 37.0 Å². The molecular weight excluding hydrogens is 232 g/mol. The van der Waals surface area contributed by atoms with Gasteiger partial charge in [-0.25, -0.2) is 0 Å². The number of esters is 1. The van der Waals surface area contributed by atoms with E-state index in [-0.39, 0.29) is 18.9 Å². The summed E-state index contributed by atoms with van der Waals surface area (Å²) in [6.45, 7) is 2.21. The number of nitrogens with two attached hydrogens (primary N) is 1. The molecule has 0 unspecified atom stereocenters. The second-order valence-corrected chi connectivity index (χ2v) is 3.94. The Morgan fingerprint density at radius 3 is 2.61 bits per heavy atom. The van der Waals surface area contributed by atoms with Crippen molar-refractivity contribution in [3.05, 3.63) is 29.8 Å². The summed E-state index contributed by atoms with van der Waals surface area (Å²) in [4.78, 5) is 24.4. The number of nitrogens with zero attached hydrogens (tertiary/aromatic N) is 1. The van der Waals surface area contributed by atoms with E-state index in [0.29, 0.717) is 17.8 Å². The maximum atomic E-state index is 11.5. The summed E-state index contributed by atoms with van der Waals surface area (Å²) in [6, 6.07) is 7.08. The van der Waals surface area contributed by atoms with Gasteiger partial charge in [0.05, 0.1) is 6.42 Å². The molecular formula is C13H18N2O3. The number of carbonyl (C=O) groups excluding carboxylic acids is 2. The Kier molecular flexibility index (Phi) is 5.17. The topological polar surface area (TPSA) is 72.6 Å². The minimum atomic E-state index is -0.453. The van der Waals surface area contributed by atoms with Crippen molar-refractivity contribution in [1.82, 2.24) is 4.90 Å². The summed E-state index contributed by atoms with van der Waals surface area (Å²) >= 11 is 0. The number of nitrogen functional groups attached to an aromatic ring is 1. The fourth-order valence-corrected chi connectivity index (χ4v) is 1.33. The molecule has 0 aliphatic rings. The van der Waals surface area contributed by atoms with Gasteiger partial charge >= 0.3 is 5.97 Å². The van der Waals surface area contributed by atoms with Crippen molar-refractivity contribution in [3.63, 3.8) is 0 Å². The Bertz CT molecular complexity index is 432. The number of carbonyl (C=O) groups is 2. The lowest BCUT2D eigenvalue weighted by Crippen LogP contribution is -2.31. The van der Waals surface area contributed by atoms with Gasteiger partial charge in [0.15, 0.2) is 6.61 Å². The Hall–Kier alpha value is -2.04. The van der Waals surface area contributed by atoms with Gasteiger partial charge in [-0.05, 0) is 18.6 Å². The molecule has 1 aromatic carbocycles. The van der Waals surface area contributed by atoms with Crippen molar-refractivity contribution in [1.29, 1.82) is 0 Å². The van der Waals surface area contributed by atoms with Crippen molar-refractivity contribution in [2.24, 2.45) is 0 Å². The molecule has 0 aromatic heterocycles. The van der Waals surface area contributed by atoms with Crippen LogP contribution in [0.15, 0.2) is 24.3 Å². The first-order valence-corrected chi connectivity index (χ1v) is 5.77. The van der Waals surface area contributed by atoms with Gasteiger partial charge < -0.3 is 15.4 Å². The van der Waals surface area contributed by atoms with Crippen LogP contribution in [0.3, 0.4) is 0 Å². The van der Waals surface area contributed by atoms with Crippen LogP contribution < -0.4 is 5.73 Å². The number of ether oxygens (including phenoxy) is 1. The largest absolute Gasteiger partial charge is 0.455 e. The Morgan fingerprint density at radius 1 is 1.33 bits per heavy atom. The Labute approximate surface area is 107 Å². The molecule has 1 amide bonds. The second-order valence-electron chi connectivity index (χ2n) is 3.94. The monoisotopic (exact) mass is 250 g/mol. The highest BCUT2D eigenvalue weighted by Gasteiger charge is 2.12. The zero-order valence-electron chi connectivity index (χ0n) is 10.7. The number of benzene rings is 1. The molecule has 1 aromatic rings. The zero-order chi connectivity index (χ0) is 13.5. The molecule has 18 heavy (non-hydrogen) atoms. The summed E-state index contributed by atoms with van der Waals surface area (Å²) < 4.78 is 4.90. The Morgan fingerprint density at radius 2 is 2.00 bits per heavy atom. The van der Waals surface area contributed by atoms with Crippen LogP contribution in [0.25, 0.3) is 0 Å². The van der Waals surface area contributed by atoms with Crippen molar-refractivity contribution in [2.75, 3.05) is 25.9 Å². The predicted molar refractivity (Wildman–Crippen MR) is 68.8 cm³/mol. The summed E-state index contributed by atoms with van der Waals surface area (Å²) in [5.74, 6) is -0.669. The van der Waals surface area contributed by atoms with Gasteiger partial charge in [-0.2, -0.15) is 0 Å². The molecule has 1 rings (SSSR count). The van der Waals surface area contributed by atoms with E-state index >= 15 is 0 Å². The quantitative estimate of drug-likeness (QED) is 0.620. The lowest BCUT2D eigenvalue weighted by atomic mass is 10.1. The first-order valence-electron chi connectivity index (χ1n) is 5.77. The van der Waals surface area contributed by atoms with Crippen LogP contribution in [-0.2, 0) is 20.7 Å². The molecule has 0 bridgehead atoms.